The van der Waals surface area contributed by atoms with Crippen molar-refractivity contribution >= 4 is 29.7 Å². The van der Waals surface area contributed by atoms with E-state index in [9.17, 15) is 5.11 Å². The van der Waals surface area contributed by atoms with Gasteiger partial charge in [0, 0.05) is 30.9 Å². The van der Waals surface area contributed by atoms with Crippen LogP contribution in [0.5, 0.6) is 5.75 Å². The van der Waals surface area contributed by atoms with Gasteiger partial charge >= 0.3 is 0 Å². The second-order valence-electron chi connectivity index (χ2n) is 4.65. The van der Waals surface area contributed by atoms with Crippen LogP contribution in [-0.4, -0.2) is 31.6 Å². The lowest BCUT2D eigenvalue weighted by Gasteiger charge is -2.12. The summed E-state index contributed by atoms with van der Waals surface area (Å²) in [6, 6.07) is 12.6. The molecule has 0 aliphatic heterocycles. The lowest BCUT2D eigenvalue weighted by Crippen LogP contribution is -2.08. The Labute approximate surface area is 129 Å². The maximum Gasteiger partial charge on any atom is 0.124 e. The van der Waals surface area contributed by atoms with Crippen molar-refractivity contribution in [2.45, 2.75) is 0 Å². The minimum Gasteiger partial charge on any atom is -0.507 e. The standard InChI is InChI=1S/C16H16ClN3O/c1-20(2)14-8-7-12(15(17)9-14)10-18-19-11-13-5-3-4-6-16(13)21/h3-11,21H,1-2H3/b18-10+,19-11-. The summed E-state index contributed by atoms with van der Waals surface area (Å²) in [6.07, 6.45) is 3.08. The average molecular weight is 302 g/mol. The van der Waals surface area contributed by atoms with Crippen molar-refractivity contribution in [2.24, 2.45) is 10.2 Å². The Balaban J connectivity index is 2.10. The van der Waals surface area contributed by atoms with Crippen molar-refractivity contribution in [1.82, 2.24) is 0 Å². The number of phenolic OH excluding ortho intramolecular Hbond substituents is 1. The molecule has 0 bridgehead atoms. The number of benzene rings is 2. The van der Waals surface area contributed by atoms with Gasteiger partial charge in [-0.25, -0.2) is 0 Å². The fourth-order valence-electron chi connectivity index (χ4n) is 1.69. The zero-order chi connectivity index (χ0) is 15.2. The van der Waals surface area contributed by atoms with Crippen LogP contribution >= 0.6 is 11.6 Å². The van der Waals surface area contributed by atoms with Crippen molar-refractivity contribution < 1.29 is 5.11 Å². The molecule has 2 aromatic carbocycles. The van der Waals surface area contributed by atoms with E-state index in [-0.39, 0.29) is 5.75 Å². The zero-order valence-corrected chi connectivity index (χ0v) is 12.6. The number of rotatable bonds is 4. The molecule has 0 heterocycles. The van der Waals surface area contributed by atoms with Crippen molar-refractivity contribution in [3.63, 3.8) is 0 Å². The molecule has 1 N–H and O–H groups in total. The molecule has 0 spiro atoms. The molecular weight excluding hydrogens is 286 g/mol. The van der Waals surface area contributed by atoms with Gasteiger partial charge in [0.25, 0.3) is 0 Å². The first-order chi connectivity index (χ1) is 10.1. The number of halogens is 1. The third kappa shape index (κ3) is 4.07. The van der Waals surface area contributed by atoms with Crippen LogP contribution in [0.1, 0.15) is 11.1 Å². The quantitative estimate of drug-likeness (QED) is 0.693. The van der Waals surface area contributed by atoms with Crippen LogP contribution in [0.15, 0.2) is 52.7 Å². The Bertz CT molecular complexity index is 681. The molecule has 0 aliphatic carbocycles. The highest BCUT2D eigenvalue weighted by Gasteiger charge is 2.01. The minimum absolute atomic E-state index is 0.171. The predicted molar refractivity (Wildman–Crippen MR) is 89.1 cm³/mol. The first-order valence-electron chi connectivity index (χ1n) is 6.39. The molecule has 108 valence electrons. The van der Waals surface area contributed by atoms with Crippen LogP contribution in [0.25, 0.3) is 0 Å². The van der Waals surface area contributed by atoms with E-state index in [0.29, 0.717) is 10.6 Å². The van der Waals surface area contributed by atoms with E-state index in [2.05, 4.69) is 10.2 Å². The van der Waals surface area contributed by atoms with Crippen LogP contribution in [0.3, 0.4) is 0 Å². The van der Waals surface area contributed by atoms with Crippen LogP contribution in [-0.2, 0) is 0 Å². The highest BCUT2D eigenvalue weighted by Crippen LogP contribution is 2.21. The largest absolute Gasteiger partial charge is 0.507 e. The summed E-state index contributed by atoms with van der Waals surface area (Å²) in [5.74, 6) is 0.171. The van der Waals surface area contributed by atoms with Crippen LogP contribution in [0.4, 0.5) is 5.69 Å². The lowest BCUT2D eigenvalue weighted by molar-refractivity contribution is 0.474. The summed E-state index contributed by atoms with van der Waals surface area (Å²) in [7, 11) is 3.91. The Morgan fingerprint density at radius 2 is 1.67 bits per heavy atom. The first kappa shape index (κ1) is 15.1. The summed E-state index contributed by atoms with van der Waals surface area (Å²) in [5.41, 5.74) is 2.43. The summed E-state index contributed by atoms with van der Waals surface area (Å²) < 4.78 is 0. The van der Waals surface area contributed by atoms with Gasteiger partial charge in [0.1, 0.15) is 5.75 Å². The second kappa shape index (κ2) is 6.90. The molecule has 21 heavy (non-hydrogen) atoms. The van der Waals surface area contributed by atoms with E-state index in [1.165, 1.54) is 6.21 Å². The molecule has 0 saturated carbocycles. The number of nitrogens with zero attached hydrogens (tertiary/aromatic N) is 3. The van der Waals surface area contributed by atoms with Crippen LogP contribution < -0.4 is 4.90 Å². The molecule has 2 aromatic rings. The number of para-hydroxylation sites is 1. The van der Waals surface area contributed by atoms with E-state index in [1.54, 1.807) is 24.4 Å². The Morgan fingerprint density at radius 1 is 1.00 bits per heavy atom. The molecule has 0 atom stereocenters. The lowest BCUT2D eigenvalue weighted by atomic mass is 10.2. The monoisotopic (exact) mass is 301 g/mol. The van der Waals surface area contributed by atoms with Crippen molar-refractivity contribution in [2.75, 3.05) is 19.0 Å². The predicted octanol–water partition coefficient (Wildman–Crippen LogP) is 3.56. The smallest absolute Gasteiger partial charge is 0.124 e. The Morgan fingerprint density at radius 3 is 2.29 bits per heavy atom. The maximum absolute atomic E-state index is 9.58. The zero-order valence-electron chi connectivity index (χ0n) is 11.9. The summed E-state index contributed by atoms with van der Waals surface area (Å²) in [4.78, 5) is 1.98. The van der Waals surface area contributed by atoms with Gasteiger partial charge < -0.3 is 10.0 Å². The third-order valence-electron chi connectivity index (χ3n) is 2.90. The molecule has 0 saturated heterocycles. The van der Waals surface area contributed by atoms with E-state index in [1.807, 2.05) is 43.3 Å². The molecule has 2 rings (SSSR count). The number of phenols is 1. The molecule has 0 aromatic heterocycles. The van der Waals surface area contributed by atoms with E-state index in [4.69, 9.17) is 11.6 Å². The molecule has 0 fully saturated rings. The van der Waals surface area contributed by atoms with Crippen molar-refractivity contribution in [1.29, 1.82) is 0 Å². The number of anilines is 1. The molecule has 0 aliphatic rings. The minimum atomic E-state index is 0.171. The fourth-order valence-corrected chi connectivity index (χ4v) is 1.91. The average Bonchev–Trinajstić information content (AvgIpc) is 2.46. The van der Waals surface area contributed by atoms with Crippen LogP contribution in [0.2, 0.25) is 5.02 Å². The highest BCUT2D eigenvalue weighted by atomic mass is 35.5. The van der Waals surface area contributed by atoms with Gasteiger partial charge in [-0.3, -0.25) is 0 Å². The van der Waals surface area contributed by atoms with Gasteiger partial charge in [-0.2, -0.15) is 10.2 Å². The second-order valence-corrected chi connectivity index (χ2v) is 5.06. The van der Waals surface area contributed by atoms with E-state index < -0.39 is 0 Å². The van der Waals surface area contributed by atoms with Crippen LogP contribution in [0, 0.1) is 0 Å². The van der Waals surface area contributed by atoms with Gasteiger partial charge in [0.05, 0.1) is 17.5 Å². The van der Waals surface area contributed by atoms with Crippen molar-refractivity contribution in [3.05, 3.63) is 58.6 Å². The van der Waals surface area contributed by atoms with E-state index in [0.717, 1.165) is 11.3 Å². The van der Waals surface area contributed by atoms with Gasteiger partial charge in [0.2, 0.25) is 0 Å². The number of aromatic hydroxyl groups is 1. The van der Waals surface area contributed by atoms with Crippen molar-refractivity contribution in [3.8, 4) is 5.75 Å². The van der Waals surface area contributed by atoms with Gasteiger partial charge in [0.15, 0.2) is 0 Å². The summed E-state index contributed by atoms with van der Waals surface area (Å²) in [5, 5.41) is 18.1. The Hall–Kier alpha value is -2.33. The summed E-state index contributed by atoms with van der Waals surface area (Å²) >= 11 is 6.18. The number of hydrogen-bond donors (Lipinski definition) is 1. The summed E-state index contributed by atoms with van der Waals surface area (Å²) in [6.45, 7) is 0. The van der Waals surface area contributed by atoms with Gasteiger partial charge in [-0.05, 0) is 30.3 Å². The SMILES string of the molecule is CN(C)c1ccc(/C=N/N=C\c2ccccc2O)c(Cl)c1. The first-order valence-corrected chi connectivity index (χ1v) is 6.77. The van der Waals surface area contributed by atoms with Gasteiger partial charge in [-0.15, -0.1) is 0 Å². The number of hydrogen-bond acceptors (Lipinski definition) is 4. The Kier molecular flexibility index (Phi) is 4.95. The molecule has 5 heteroatoms. The van der Waals surface area contributed by atoms with E-state index >= 15 is 0 Å². The van der Waals surface area contributed by atoms with Gasteiger partial charge in [-0.1, -0.05) is 23.7 Å². The maximum atomic E-state index is 9.58. The fraction of sp³-hybridized carbons (Fsp3) is 0.125. The molecule has 4 nitrogen and oxygen atoms in total. The topological polar surface area (TPSA) is 48.2 Å². The normalized spacial score (nSPS) is 11.4. The molecule has 0 radical (unpaired) electrons. The highest BCUT2D eigenvalue weighted by molar-refractivity contribution is 6.33. The molecule has 0 unspecified atom stereocenters. The third-order valence-corrected chi connectivity index (χ3v) is 3.22. The molecular formula is C16H16ClN3O. The molecule has 0 amide bonds.